The predicted molar refractivity (Wildman–Crippen MR) is 81.6 cm³/mol. The zero-order valence-corrected chi connectivity index (χ0v) is 12.6. The molecule has 1 aromatic rings. The summed E-state index contributed by atoms with van der Waals surface area (Å²) in [4.78, 5) is 24.3. The number of likely N-dealkylation sites (tertiary alicyclic amines) is 1. The zero-order valence-electron chi connectivity index (χ0n) is 11.8. The van der Waals surface area contributed by atoms with Gasteiger partial charge >= 0.3 is 0 Å². The van der Waals surface area contributed by atoms with Crippen molar-refractivity contribution in [2.45, 2.75) is 19.8 Å². The molecule has 1 saturated heterocycles. The van der Waals surface area contributed by atoms with Gasteiger partial charge in [-0.15, -0.1) is 0 Å². The van der Waals surface area contributed by atoms with Crippen molar-refractivity contribution in [2.24, 2.45) is 5.92 Å². The number of nitrogens with zero attached hydrogens (tertiary/aromatic N) is 2. The molecule has 1 fully saturated rings. The van der Waals surface area contributed by atoms with Gasteiger partial charge in [-0.05, 0) is 37.9 Å². The molecule has 21 heavy (non-hydrogen) atoms. The van der Waals surface area contributed by atoms with Crippen molar-refractivity contribution >= 4 is 28.9 Å². The van der Waals surface area contributed by atoms with Crippen LogP contribution < -0.4 is 5.32 Å². The Morgan fingerprint density at radius 2 is 2.14 bits per heavy atom. The van der Waals surface area contributed by atoms with E-state index in [2.05, 4.69) is 17.1 Å². The maximum Gasteiger partial charge on any atom is 0.271 e. The molecule has 7 heteroatoms. The van der Waals surface area contributed by atoms with Crippen LogP contribution in [-0.2, 0) is 4.79 Å². The van der Waals surface area contributed by atoms with Crippen LogP contribution in [-0.4, -0.2) is 35.4 Å². The number of rotatable bonds is 4. The van der Waals surface area contributed by atoms with Crippen LogP contribution in [0.4, 0.5) is 11.4 Å². The quantitative estimate of drug-likeness (QED) is 0.685. The number of hydrogen-bond acceptors (Lipinski definition) is 4. The van der Waals surface area contributed by atoms with Crippen molar-refractivity contribution in [1.29, 1.82) is 0 Å². The number of nitrogens with one attached hydrogen (secondary N) is 1. The first-order valence-electron chi connectivity index (χ1n) is 6.92. The summed E-state index contributed by atoms with van der Waals surface area (Å²) in [7, 11) is 0. The second-order valence-corrected chi connectivity index (χ2v) is 5.84. The molecule has 1 N–H and O–H groups in total. The van der Waals surface area contributed by atoms with E-state index in [0.717, 1.165) is 25.9 Å². The third-order valence-corrected chi connectivity index (χ3v) is 4.01. The van der Waals surface area contributed by atoms with E-state index in [0.29, 0.717) is 10.9 Å². The van der Waals surface area contributed by atoms with Gasteiger partial charge in [0.15, 0.2) is 0 Å². The fourth-order valence-corrected chi connectivity index (χ4v) is 2.50. The number of piperidine rings is 1. The number of halogens is 1. The Labute approximate surface area is 128 Å². The van der Waals surface area contributed by atoms with Gasteiger partial charge in [-0.3, -0.25) is 19.8 Å². The minimum atomic E-state index is -0.516. The Morgan fingerprint density at radius 3 is 2.76 bits per heavy atom. The Bertz CT molecular complexity index is 542. The normalized spacial score (nSPS) is 16.7. The van der Waals surface area contributed by atoms with E-state index in [4.69, 9.17) is 11.6 Å². The number of carbonyl (C=O) groups excluding carboxylic acids is 1. The molecular weight excluding hydrogens is 294 g/mol. The van der Waals surface area contributed by atoms with E-state index in [1.54, 1.807) is 0 Å². The predicted octanol–water partition coefficient (Wildman–Crippen LogP) is 2.92. The molecule has 0 spiro atoms. The largest absolute Gasteiger partial charge is 0.323 e. The first-order valence-corrected chi connectivity index (χ1v) is 7.29. The number of benzene rings is 1. The number of carbonyl (C=O) groups is 1. The molecule has 0 unspecified atom stereocenters. The van der Waals surface area contributed by atoms with Gasteiger partial charge in [-0.25, -0.2) is 0 Å². The van der Waals surface area contributed by atoms with Crippen LogP contribution in [0.1, 0.15) is 19.8 Å². The summed E-state index contributed by atoms with van der Waals surface area (Å²) in [5.41, 5.74) is 0.183. The molecule has 1 amide bonds. The maximum absolute atomic E-state index is 12.0. The third kappa shape index (κ3) is 4.41. The number of nitro groups is 1. The van der Waals surface area contributed by atoms with Crippen molar-refractivity contribution in [2.75, 3.05) is 25.0 Å². The van der Waals surface area contributed by atoms with E-state index in [9.17, 15) is 14.9 Å². The topological polar surface area (TPSA) is 75.5 Å². The molecule has 1 heterocycles. The molecule has 0 aromatic heterocycles. The summed E-state index contributed by atoms with van der Waals surface area (Å²) in [5.74, 6) is 0.502. The molecule has 0 aliphatic carbocycles. The fourth-order valence-electron chi connectivity index (χ4n) is 2.34. The van der Waals surface area contributed by atoms with Crippen molar-refractivity contribution < 1.29 is 9.72 Å². The monoisotopic (exact) mass is 311 g/mol. The highest BCUT2D eigenvalue weighted by molar-refractivity contribution is 6.33. The lowest BCUT2D eigenvalue weighted by molar-refractivity contribution is -0.384. The number of nitro benzene ring substituents is 1. The van der Waals surface area contributed by atoms with Crippen LogP contribution in [0.25, 0.3) is 0 Å². The van der Waals surface area contributed by atoms with Crippen molar-refractivity contribution in [1.82, 2.24) is 4.90 Å². The molecule has 0 atom stereocenters. The highest BCUT2D eigenvalue weighted by atomic mass is 35.5. The number of hydrogen-bond donors (Lipinski definition) is 1. The van der Waals surface area contributed by atoms with Crippen molar-refractivity contribution in [3.63, 3.8) is 0 Å². The van der Waals surface area contributed by atoms with Crippen molar-refractivity contribution in [3.8, 4) is 0 Å². The third-order valence-electron chi connectivity index (χ3n) is 3.68. The summed E-state index contributed by atoms with van der Waals surface area (Å²) in [6.45, 7) is 4.29. The van der Waals surface area contributed by atoms with Crippen LogP contribution in [0.3, 0.4) is 0 Å². The fraction of sp³-hybridized carbons (Fsp3) is 0.500. The Hall–Kier alpha value is -1.66. The Balaban J connectivity index is 1.96. The second-order valence-electron chi connectivity index (χ2n) is 5.43. The average Bonchev–Trinajstić information content (AvgIpc) is 2.43. The lowest BCUT2D eigenvalue weighted by atomic mass is 9.99. The van der Waals surface area contributed by atoms with Crippen LogP contribution in [0.15, 0.2) is 18.2 Å². The Morgan fingerprint density at radius 1 is 1.48 bits per heavy atom. The van der Waals surface area contributed by atoms with Crippen LogP contribution >= 0.6 is 11.6 Å². The van der Waals surface area contributed by atoms with Gasteiger partial charge in [0.1, 0.15) is 0 Å². The number of amides is 1. The minimum absolute atomic E-state index is 0.0958. The van der Waals surface area contributed by atoms with Gasteiger partial charge in [-0.1, -0.05) is 18.5 Å². The smallest absolute Gasteiger partial charge is 0.271 e. The van der Waals surface area contributed by atoms with E-state index in [1.807, 2.05) is 0 Å². The molecule has 6 nitrogen and oxygen atoms in total. The highest BCUT2D eigenvalue weighted by Gasteiger charge is 2.19. The van der Waals surface area contributed by atoms with E-state index < -0.39 is 4.92 Å². The van der Waals surface area contributed by atoms with Gasteiger partial charge in [-0.2, -0.15) is 0 Å². The Kier molecular flexibility index (Phi) is 5.14. The van der Waals surface area contributed by atoms with E-state index in [-0.39, 0.29) is 23.8 Å². The van der Waals surface area contributed by atoms with Crippen LogP contribution in [0.5, 0.6) is 0 Å². The van der Waals surface area contributed by atoms with Gasteiger partial charge in [0.05, 0.1) is 22.2 Å². The van der Waals surface area contributed by atoms with Gasteiger partial charge < -0.3 is 5.32 Å². The van der Waals surface area contributed by atoms with Gasteiger partial charge in [0.2, 0.25) is 5.91 Å². The lowest BCUT2D eigenvalue weighted by Crippen LogP contribution is -2.38. The average molecular weight is 312 g/mol. The summed E-state index contributed by atoms with van der Waals surface area (Å²) in [5, 5.41) is 13.7. The van der Waals surface area contributed by atoms with Gasteiger partial charge in [0.25, 0.3) is 5.69 Å². The number of non-ortho nitro benzene ring substituents is 1. The molecule has 1 aliphatic rings. The molecule has 0 bridgehead atoms. The first kappa shape index (κ1) is 15.7. The summed E-state index contributed by atoms with van der Waals surface area (Å²) in [6.07, 6.45) is 2.18. The summed E-state index contributed by atoms with van der Waals surface area (Å²) < 4.78 is 0. The molecule has 2 rings (SSSR count). The molecular formula is C14H18ClN3O3. The first-order chi connectivity index (χ1) is 9.95. The van der Waals surface area contributed by atoms with Crippen LogP contribution in [0.2, 0.25) is 5.02 Å². The highest BCUT2D eigenvalue weighted by Crippen LogP contribution is 2.26. The van der Waals surface area contributed by atoms with E-state index in [1.165, 1.54) is 18.2 Å². The molecule has 1 aromatic carbocycles. The summed E-state index contributed by atoms with van der Waals surface area (Å²) in [6, 6.07) is 4.00. The number of anilines is 1. The standard InChI is InChI=1S/C14H18ClN3O3/c1-10-4-6-17(7-5-10)9-14(19)16-13-8-11(18(20)21)2-3-12(13)15/h2-3,8,10H,4-7,9H2,1H3,(H,16,19). The van der Waals surface area contributed by atoms with Crippen molar-refractivity contribution in [3.05, 3.63) is 33.3 Å². The zero-order chi connectivity index (χ0) is 15.4. The molecule has 114 valence electrons. The summed E-state index contributed by atoms with van der Waals surface area (Å²) >= 11 is 5.96. The van der Waals surface area contributed by atoms with Gasteiger partial charge in [0, 0.05) is 12.1 Å². The van der Waals surface area contributed by atoms with E-state index >= 15 is 0 Å². The minimum Gasteiger partial charge on any atom is -0.323 e. The maximum atomic E-state index is 12.0. The molecule has 0 radical (unpaired) electrons. The van der Waals surface area contributed by atoms with Crippen LogP contribution in [0, 0.1) is 16.0 Å². The molecule has 0 saturated carbocycles. The SMILES string of the molecule is CC1CCN(CC(=O)Nc2cc([N+](=O)[O-])ccc2Cl)CC1. The second kappa shape index (κ2) is 6.87. The lowest BCUT2D eigenvalue weighted by Gasteiger charge is -2.29. The molecule has 1 aliphatic heterocycles.